The number of aromatic nitrogens is 2. The van der Waals surface area contributed by atoms with Crippen LogP contribution in [0, 0.1) is 0 Å². The van der Waals surface area contributed by atoms with Crippen LogP contribution in [0.3, 0.4) is 0 Å². The number of hydrogen-bond acceptors (Lipinski definition) is 5. The minimum Gasteiger partial charge on any atom is -0.445 e. The Morgan fingerprint density at radius 1 is 1.52 bits per heavy atom. The minimum atomic E-state index is -0.0789. The van der Waals surface area contributed by atoms with Gasteiger partial charge in [0.2, 0.25) is 0 Å². The van der Waals surface area contributed by atoms with Crippen LogP contribution >= 0.6 is 11.8 Å². The van der Waals surface area contributed by atoms with Gasteiger partial charge < -0.3 is 19.2 Å². The highest BCUT2D eigenvalue weighted by Gasteiger charge is 2.32. The van der Waals surface area contributed by atoms with Gasteiger partial charge in [0, 0.05) is 39.1 Å². The highest BCUT2D eigenvalue weighted by atomic mass is 32.2. The summed E-state index contributed by atoms with van der Waals surface area (Å²) in [7, 11) is 1.94. The molecule has 1 N–H and O–H groups in total. The normalized spacial score (nSPS) is 19.0. The van der Waals surface area contributed by atoms with Crippen molar-refractivity contribution in [1.82, 2.24) is 19.8 Å². The van der Waals surface area contributed by atoms with Gasteiger partial charge in [-0.15, -0.1) is 0 Å². The zero-order chi connectivity index (χ0) is 14.8. The summed E-state index contributed by atoms with van der Waals surface area (Å²) in [6.07, 6.45) is 5.57. The molecule has 2 aromatic heterocycles. The number of piperazine rings is 1. The second-order valence-corrected chi connectivity index (χ2v) is 5.75. The molecular weight excluding hydrogens is 288 g/mol. The predicted molar refractivity (Wildman–Crippen MR) is 80.3 cm³/mol. The SMILES string of the molecule is CSc1ccc(C(=O)N2CCNCC2c2nccn2C)o1. The van der Waals surface area contributed by atoms with Gasteiger partial charge in [0.1, 0.15) is 11.9 Å². The summed E-state index contributed by atoms with van der Waals surface area (Å²) in [6, 6.07) is 3.50. The summed E-state index contributed by atoms with van der Waals surface area (Å²) in [6.45, 7) is 2.13. The number of aryl methyl sites for hydroxylation is 1. The number of rotatable bonds is 3. The van der Waals surface area contributed by atoms with E-state index in [4.69, 9.17) is 4.42 Å². The Kier molecular flexibility index (Phi) is 4.03. The van der Waals surface area contributed by atoms with E-state index < -0.39 is 0 Å². The van der Waals surface area contributed by atoms with Crippen LogP contribution in [0.1, 0.15) is 22.4 Å². The topological polar surface area (TPSA) is 63.3 Å². The average molecular weight is 306 g/mol. The van der Waals surface area contributed by atoms with Crippen LogP contribution in [0.2, 0.25) is 0 Å². The molecule has 6 nitrogen and oxygen atoms in total. The summed E-state index contributed by atoms with van der Waals surface area (Å²) in [5, 5.41) is 4.07. The zero-order valence-electron chi connectivity index (χ0n) is 12.1. The largest absolute Gasteiger partial charge is 0.445 e. The molecule has 0 saturated carbocycles. The molecule has 0 bridgehead atoms. The first-order chi connectivity index (χ1) is 10.2. The lowest BCUT2D eigenvalue weighted by Crippen LogP contribution is -2.49. The minimum absolute atomic E-state index is 0.0749. The Labute approximate surface area is 127 Å². The second kappa shape index (κ2) is 5.95. The van der Waals surface area contributed by atoms with Crippen molar-refractivity contribution in [3.63, 3.8) is 0 Å². The molecule has 1 atom stereocenters. The number of carbonyl (C=O) groups is 1. The van der Waals surface area contributed by atoms with Crippen molar-refractivity contribution in [3.8, 4) is 0 Å². The van der Waals surface area contributed by atoms with Crippen LogP contribution in [0.25, 0.3) is 0 Å². The monoisotopic (exact) mass is 306 g/mol. The van der Waals surface area contributed by atoms with Crippen molar-refractivity contribution in [2.75, 3.05) is 25.9 Å². The van der Waals surface area contributed by atoms with Crippen molar-refractivity contribution < 1.29 is 9.21 Å². The smallest absolute Gasteiger partial charge is 0.290 e. The van der Waals surface area contributed by atoms with Gasteiger partial charge in [0.25, 0.3) is 5.91 Å². The molecule has 1 saturated heterocycles. The lowest BCUT2D eigenvalue weighted by Gasteiger charge is -2.35. The lowest BCUT2D eigenvalue weighted by molar-refractivity contribution is 0.0583. The highest BCUT2D eigenvalue weighted by Crippen LogP contribution is 2.25. The number of furan rings is 1. The Hall–Kier alpha value is -1.73. The molecule has 0 radical (unpaired) electrons. The fourth-order valence-corrected chi connectivity index (χ4v) is 2.94. The van der Waals surface area contributed by atoms with Gasteiger partial charge in [-0.25, -0.2) is 4.98 Å². The van der Waals surface area contributed by atoms with Gasteiger partial charge in [0.05, 0.1) is 0 Å². The first kappa shape index (κ1) is 14.2. The molecule has 2 aromatic rings. The number of hydrogen-bond donors (Lipinski definition) is 1. The number of carbonyl (C=O) groups excluding carboxylic acids is 1. The fourth-order valence-electron chi connectivity index (χ4n) is 2.56. The second-order valence-electron chi connectivity index (χ2n) is 4.94. The van der Waals surface area contributed by atoms with Crippen LogP contribution in [-0.4, -0.2) is 46.2 Å². The van der Waals surface area contributed by atoms with Gasteiger partial charge in [-0.3, -0.25) is 4.79 Å². The number of thioether (sulfide) groups is 1. The highest BCUT2D eigenvalue weighted by molar-refractivity contribution is 7.98. The fraction of sp³-hybridized carbons (Fsp3) is 0.429. The number of nitrogens with one attached hydrogen (secondary N) is 1. The Morgan fingerprint density at radius 2 is 2.38 bits per heavy atom. The molecule has 3 heterocycles. The van der Waals surface area contributed by atoms with Crippen LogP contribution < -0.4 is 5.32 Å². The Morgan fingerprint density at radius 3 is 3.05 bits per heavy atom. The van der Waals surface area contributed by atoms with Crippen molar-refractivity contribution in [2.24, 2.45) is 7.05 Å². The average Bonchev–Trinajstić information content (AvgIpc) is 3.15. The third-order valence-electron chi connectivity index (χ3n) is 3.65. The van der Waals surface area contributed by atoms with Gasteiger partial charge in [-0.2, -0.15) is 0 Å². The molecule has 3 rings (SSSR count). The summed E-state index contributed by atoms with van der Waals surface area (Å²) in [4.78, 5) is 18.9. The number of amides is 1. The quantitative estimate of drug-likeness (QED) is 0.871. The summed E-state index contributed by atoms with van der Waals surface area (Å²) in [5.41, 5.74) is 0. The van der Waals surface area contributed by atoms with E-state index in [1.165, 1.54) is 11.8 Å². The molecule has 7 heteroatoms. The molecular formula is C14H18N4O2S. The van der Waals surface area contributed by atoms with Gasteiger partial charge in [0.15, 0.2) is 10.9 Å². The third kappa shape index (κ3) is 2.71. The summed E-state index contributed by atoms with van der Waals surface area (Å²) >= 11 is 1.49. The predicted octanol–water partition coefficient (Wildman–Crippen LogP) is 1.52. The van der Waals surface area contributed by atoms with Gasteiger partial charge >= 0.3 is 0 Å². The lowest BCUT2D eigenvalue weighted by atomic mass is 10.1. The Balaban J connectivity index is 1.87. The Bertz CT molecular complexity index is 636. The molecule has 21 heavy (non-hydrogen) atoms. The van der Waals surface area contributed by atoms with Crippen LogP contribution in [-0.2, 0) is 7.05 Å². The zero-order valence-corrected chi connectivity index (χ0v) is 12.9. The van der Waals surface area contributed by atoms with E-state index in [2.05, 4.69) is 10.3 Å². The first-order valence-electron chi connectivity index (χ1n) is 6.83. The van der Waals surface area contributed by atoms with Crippen LogP contribution in [0.15, 0.2) is 34.0 Å². The maximum absolute atomic E-state index is 12.7. The molecule has 1 aliphatic heterocycles. The maximum atomic E-state index is 12.7. The molecule has 1 amide bonds. The molecule has 1 fully saturated rings. The van der Waals surface area contributed by atoms with E-state index in [1.54, 1.807) is 12.3 Å². The van der Waals surface area contributed by atoms with Crippen molar-refractivity contribution in [3.05, 3.63) is 36.1 Å². The van der Waals surface area contributed by atoms with E-state index in [9.17, 15) is 4.79 Å². The van der Waals surface area contributed by atoms with Crippen molar-refractivity contribution in [2.45, 2.75) is 11.1 Å². The van der Waals surface area contributed by atoms with Crippen LogP contribution in [0.5, 0.6) is 0 Å². The van der Waals surface area contributed by atoms with Crippen molar-refractivity contribution in [1.29, 1.82) is 0 Å². The van der Waals surface area contributed by atoms with E-state index in [0.717, 1.165) is 17.5 Å². The molecule has 1 aliphatic rings. The molecule has 0 aromatic carbocycles. The number of imidazole rings is 1. The molecule has 0 spiro atoms. The van der Waals surface area contributed by atoms with E-state index in [1.807, 2.05) is 35.0 Å². The van der Waals surface area contributed by atoms with E-state index >= 15 is 0 Å². The third-order valence-corrected chi connectivity index (χ3v) is 4.28. The van der Waals surface area contributed by atoms with E-state index in [0.29, 0.717) is 18.8 Å². The van der Waals surface area contributed by atoms with Crippen molar-refractivity contribution >= 4 is 17.7 Å². The molecule has 1 unspecified atom stereocenters. The maximum Gasteiger partial charge on any atom is 0.290 e. The first-order valence-corrected chi connectivity index (χ1v) is 8.06. The molecule has 0 aliphatic carbocycles. The van der Waals surface area contributed by atoms with Gasteiger partial charge in [-0.1, -0.05) is 11.8 Å². The molecule has 112 valence electrons. The standard InChI is InChI=1S/C14H18N4O2S/c1-17-7-6-16-13(17)10-9-15-5-8-18(10)14(19)11-3-4-12(20-11)21-2/h3-4,6-7,10,15H,5,8-9H2,1-2H3. The van der Waals surface area contributed by atoms with Crippen LogP contribution in [0.4, 0.5) is 0 Å². The number of nitrogens with zero attached hydrogens (tertiary/aromatic N) is 3. The summed E-state index contributed by atoms with van der Waals surface area (Å²) in [5.74, 6) is 1.19. The van der Waals surface area contributed by atoms with Gasteiger partial charge in [-0.05, 0) is 18.4 Å². The van der Waals surface area contributed by atoms with E-state index in [-0.39, 0.29) is 11.9 Å². The summed E-state index contributed by atoms with van der Waals surface area (Å²) < 4.78 is 7.52.